The normalized spacial score (nSPS) is 29.4. The van der Waals surface area contributed by atoms with Gasteiger partial charge in [-0.1, -0.05) is 6.42 Å². The Morgan fingerprint density at radius 2 is 1.58 bits per heavy atom. The van der Waals surface area contributed by atoms with E-state index in [9.17, 15) is 8.42 Å². The van der Waals surface area contributed by atoms with Crippen molar-refractivity contribution in [3.05, 3.63) is 0 Å². The van der Waals surface area contributed by atoms with Gasteiger partial charge in [-0.05, 0) is 32.2 Å². The molecule has 8 heteroatoms. The molecular formula is C16H31N3O4S. The van der Waals surface area contributed by atoms with Crippen molar-refractivity contribution < 1.29 is 17.9 Å². The van der Waals surface area contributed by atoms with Crippen LogP contribution in [0.3, 0.4) is 0 Å². The quantitative estimate of drug-likeness (QED) is 0.715. The molecule has 3 rings (SSSR count). The maximum absolute atomic E-state index is 12.8. The molecule has 0 saturated carbocycles. The number of ether oxygens (including phenoxy) is 2. The third-order valence-corrected chi connectivity index (χ3v) is 7.20. The van der Waals surface area contributed by atoms with Crippen LogP contribution in [0.1, 0.15) is 32.1 Å². The van der Waals surface area contributed by atoms with Crippen molar-refractivity contribution in [1.29, 1.82) is 0 Å². The monoisotopic (exact) mass is 361 g/mol. The van der Waals surface area contributed by atoms with E-state index in [1.807, 2.05) is 0 Å². The molecule has 1 atom stereocenters. The van der Waals surface area contributed by atoms with E-state index < -0.39 is 10.2 Å². The van der Waals surface area contributed by atoms with Crippen molar-refractivity contribution in [3.8, 4) is 0 Å². The summed E-state index contributed by atoms with van der Waals surface area (Å²) in [5.74, 6) is 0. The van der Waals surface area contributed by atoms with Crippen LogP contribution in [0.15, 0.2) is 0 Å². The SMILES string of the molecule is O=S(=O)(N1CCCCC1)N1CCCN(CCC2COCCO2)CC1. The Morgan fingerprint density at radius 3 is 2.33 bits per heavy atom. The van der Waals surface area contributed by atoms with Gasteiger partial charge in [-0.2, -0.15) is 17.0 Å². The van der Waals surface area contributed by atoms with Crippen LogP contribution < -0.4 is 0 Å². The molecule has 0 aliphatic carbocycles. The van der Waals surface area contributed by atoms with Gasteiger partial charge >= 0.3 is 0 Å². The fraction of sp³-hybridized carbons (Fsp3) is 1.00. The zero-order valence-electron chi connectivity index (χ0n) is 14.6. The highest BCUT2D eigenvalue weighted by Crippen LogP contribution is 2.18. The van der Waals surface area contributed by atoms with E-state index in [0.29, 0.717) is 46.0 Å². The van der Waals surface area contributed by atoms with Gasteiger partial charge < -0.3 is 14.4 Å². The second-order valence-electron chi connectivity index (χ2n) is 6.92. The maximum atomic E-state index is 12.8. The highest BCUT2D eigenvalue weighted by Gasteiger charge is 2.31. The Morgan fingerprint density at radius 1 is 0.833 bits per heavy atom. The third-order valence-electron chi connectivity index (χ3n) is 5.17. The van der Waals surface area contributed by atoms with Crippen LogP contribution in [-0.4, -0.2) is 93.7 Å². The largest absolute Gasteiger partial charge is 0.376 e. The molecule has 0 aromatic heterocycles. The molecule has 0 amide bonds. The molecule has 0 aromatic rings. The Kier molecular flexibility index (Phi) is 6.88. The number of rotatable bonds is 5. The van der Waals surface area contributed by atoms with E-state index in [0.717, 1.165) is 51.7 Å². The molecule has 0 N–H and O–H groups in total. The highest BCUT2D eigenvalue weighted by molar-refractivity contribution is 7.86. The zero-order chi connectivity index (χ0) is 16.8. The van der Waals surface area contributed by atoms with Gasteiger partial charge in [-0.15, -0.1) is 0 Å². The molecule has 0 aromatic carbocycles. The molecule has 3 aliphatic rings. The summed E-state index contributed by atoms with van der Waals surface area (Å²) in [4.78, 5) is 2.36. The first-order valence-electron chi connectivity index (χ1n) is 9.33. The van der Waals surface area contributed by atoms with Gasteiger partial charge in [0.1, 0.15) is 0 Å². The van der Waals surface area contributed by atoms with Crippen LogP contribution in [-0.2, 0) is 19.7 Å². The average Bonchev–Trinajstić information content (AvgIpc) is 2.88. The molecule has 3 saturated heterocycles. The van der Waals surface area contributed by atoms with Gasteiger partial charge in [-0.25, -0.2) is 0 Å². The van der Waals surface area contributed by atoms with Gasteiger partial charge in [0.05, 0.1) is 25.9 Å². The minimum Gasteiger partial charge on any atom is -0.376 e. The first-order chi connectivity index (χ1) is 11.7. The lowest BCUT2D eigenvalue weighted by Gasteiger charge is -2.31. The first kappa shape index (κ1) is 18.5. The average molecular weight is 362 g/mol. The summed E-state index contributed by atoms with van der Waals surface area (Å²) in [5.41, 5.74) is 0. The molecule has 0 bridgehead atoms. The first-order valence-corrected chi connectivity index (χ1v) is 10.7. The Hall–Kier alpha value is -0.250. The summed E-state index contributed by atoms with van der Waals surface area (Å²) >= 11 is 0. The van der Waals surface area contributed by atoms with Crippen molar-refractivity contribution in [2.45, 2.75) is 38.2 Å². The van der Waals surface area contributed by atoms with Gasteiger partial charge in [0.15, 0.2) is 0 Å². The van der Waals surface area contributed by atoms with E-state index in [4.69, 9.17) is 9.47 Å². The summed E-state index contributed by atoms with van der Waals surface area (Å²) in [6, 6.07) is 0. The molecular weight excluding hydrogens is 330 g/mol. The maximum Gasteiger partial charge on any atom is 0.282 e. The Labute approximate surface area is 146 Å². The predicted octanol–water partition coefficient (Wildman–Crippen LogP) is 0.530. The highest BCUT2D eigenvalue weighted by atomic mass is 32.2. The third kappa shape index (κ3) is 4.89. The Bertz CT molecular complexity index is 476. The van der Waals surface area contributed by atoms with Crippen LogP contribution >= 0.6 is 0 Å². The van der Waals surface area contributed by atoms with Crippen LogP contribution in [0.4, 0.5) is 0 Å². The predicted molar refractivity (Wildman–Crippen MR) is 92.1 cm³/mol. The second-order valence-corrected chi connectivity index (χ2v) is 8.85. The van der Waals surface area contributed by atoms with Gasteiger partial charge in [0.25, 0.3) is 10.2 Å². The molecule has 3 heterocycles. The number of hydrogen-bond acceptors (Lipinski definition) is 5. The lowest BCUT2D eigenvalue weighted by atomic mass is 10.2. The molecule has 24 heavy (non-hydrogen) atoms. The molecule has 3 fully saturated rings. The van der Waals surface area contributed by atoms with Gasteiger partial charge in [-0.3, -0.25) is 0 Å². The van der Waals surface area contributed by atoms with Crippen LogP contribution in [0.5, 0.6) is 0 Å². The summed E-state index contributed by atoms with van der Waals surface area (Å²) in [5, 5.41) is 0. The minimum atomic E-state index is -3.27. The Balaban J connectivity index is 1.47. The molecule has 140 valence electrons. The molecule has 0 radical (unpaired) electrons. The van der Waals surface area contributed by atoms with Crippen LogP contribution in [0, 0.1) is 0 Å². The number of piperidine rings is 1. The fourth-order valence-corrected chi connectivity index (χ4v) is 5.41. The lowest BCUT2D eigenvalue weighted by Crippen LogP contribution is -2.47. The van der Waals surface area contributed by atoms with Crippen LogP contribution in [0.2, 0.25) is 0 Å². The van der Waals surface area contributed by atoms with E-state index in [-0.39, 0.29) is 6.10 Å². The smallest absolute Gasteiger partial charge is 0.282 e. The summed E-state index contributed by atoms with van der Waals surface area (Å²) in [6.45, 7) is 7.38. The summed E-state index contributed by atoms with van der Waals surface area (Å²) in [7, 11) is -3.27. The molecule has 1 unspecified atom stereocenters. The zero-order valence-corrected chi connectivity index (χ0v) is 15.4. The minimum absolute atomic E-state index is 0.190. The van der Waals surface area contributed by atoms with E-state index in [1.165, 1.54) is 0 Å². The van der Waals surface area contributed by atoms with Crippen molar-refractivity contribution in [1.82, 2.24) is 13.5 Å². The van der Waals surface area contributed by atoms with Crippen molar-refractivity contribution in [2.75, 3.05) is 65.6 Å². The van der Waals surface area contributed by atoms with E-state index in [2.05, 4.69) is 4.90 Å². The van der Waals surface area contributed by atoms with Crippen molar-refractivity contribution in [3.63, 3.8) is 0 Å². The topological polar surface area (TPSA) is 62.3 Å². The van der Waals surface area contributed by atoms with Crippen LogP contribution in [0.25, 0.3) is 0 Å². The summed E-state index contributed by atoms with van der Waals surface area (Å²) < 4.78 is 40.1. The second kappa shape index (κ2) is 8.91. The fourth-order valence-electron chi connectivity index (χ4n) is 3.69. The lowest BCUT2D eigenvalue weighted by molar-refractivity contribution is -0.0925. The number of nitrogens with zero attached hydrogens (tertiary/aromatic N) is 3. The van der Waals surface area contributed by atoms with E-state index >= 15 is 0 Å². The summed E-state index contributed by atoms with van der Waals surface area (Å²) in [6.07, 6.45) is 5.17. The number of hydrogen-bond donors (Lipinski definition) is 0. The van der Waals surface area contributed by atoms with Crippen molar-refractivity contribution >= 4 is 10.2 Å². The van der Waals surface area contributed by atoms with Crippen molar-refractivity contribution in [2.24, 2.45) is 0 Å². The molecule has 3 aliphatic heterocycles. The van der Waals surface area contributed by atoms with E-state index in [1.54, 1.807) is 8.61 Å². The van der Waals surface area contributed by atoms with Gasteiger partial charge in [0.2, 0.25) is 0 Å². The van der Waals surface area contributed by atoms with Gasteiger partial charge in [0, 0.05) is 39.3 Å². The molecule has 7 nitrogen and oxygen atoms in total. The molecule has 0 spiro atoms. The standard InChI is InChI=1S/C16H31N3O4S/c20-24(21,18-7-2-1-3-8-18)19-9-4-6-17(11-12-19)10-5-16-15-22-13-14-23-16/h16H,1-15H2.